The molecule has 1 aliphatic rings. The third-order valence-corrected chi connectivity index (χ3v) is 8.26. The number of thioether (sulfide) groups is 1. The van der Waals surface area contributed by atoms with Crippen molar-refractivity contribution in [3.05, 3.63) is 72.6 Å². The van der Waals surface area contributed by atoms with Gasteiger partial charge in [0.05, 0.1) is 4.90 Å². The van der Waals surface area contributed by atoms with Crippen LogP contribution < -0.4 is 5.32 Å². The molecule has 1 aromatic heterocycles. The van der Waals surface area contributed by atoms with Crippen LogP contribution in [0.15, 0.2) is 77.0 Å². The SMILES string of the molecule is CSc1nccn1-c1cccc(C(=O)NCC2CCN(S(=O)(=O)c3ccccc3)CC2)c1. The van der Waals surface area contributed by atoms with Gasteiger partial charge in [-0.25, -0.2) is 13.4 Å². The van der Waals surface area contributed by atoms with Crippen LogP contribution in [0.5, 0.6) is 0 Å². The second-order valence-electron chi connectivity index (χ2n) is 7.70. The highest BCUT2D eigenvalue weighted by atomic mass is 32.2. The minimum Gasteiger partial charge on any atom is -0.352 e. The molecule has 9 heteroatoms. The van der Waals surface area contributed by atoms with Crippen molar-refractivity contribution in [1.82, 2.24) is 19.2 Å². The van der Waals surface area contributed by atoms with E-state index in [1.165, 1.54) is 0 Å². The molecule has 1 amide bonds. The second-order valence-corrected chi connectivity index (χ2v) is 10.4. The number of rotatable bonds is 7. The Bertz CT molecular complexity index is 1170. The molecule has 4 rings (SSSR count). The summed E-state index contributed by atoms with van der Waals surface area (Å²) in [6.07, 6.45) is 7.02. The van der Waals surface area contributed by atoms with Gasteiger partial charge in [0.1, 0.15) is 0 Å². The van der Waals surface area contributed by atoms with Gasteiger partial charge in [0.15, 0.2) is 5.16 Å². The summed E-state index contributed by atoms with van der Waals surface area (Å²) in [4.78, 5) is 17.4. The molecule has 0 spiro atoms. The van der Waals surface area contributed by atoms with E-state index >= 15 is 0 Å². The molecule has 7 nitrogen and oxygen atoms in total. The van der Waals surface area contributed by atoms with Gasteiger partial charge >= 0.3 is 0 Å². The van der Waals surface area contributed by atoms with Gasteiger partial charge in [-0.05, 0) is 55.3 Å². The highest BCUT2D eigenvalue weighted by molar-refractivity contribution is 7.98. The van der Waals surface area contributed by atoms with Crippen molar-refractivity contribution in [3.63, 3.8) is 0 Å². The average molecular weight is 471 g/mol. The van der Waals surface area contributed by atoms with Crippen molar-refractivity contribution in [2.45, 2.75) is 22.9 Å². The highest BCUT2D eigenvalue weighted by Crippen LogP contribution is 2.24. The van der Waals surface area contributed by atoms with E-state index in [1.807, 2.05) is 35.2 Å². The zero-order valence-corrected chi connectivity index (χ0v) is 19.5. The molecule has 0 atom stereocenters. The lowest BCUT2D eigenvalue weighted by Crippen LogP contribution is -2.41. The number of hydrogen-bond donors (Lipinski definition) is 1. The molecule has 1 fully saturated rings. The van der Waals surface area contributed by atoms with Gasteiger partial charge in [0.25, 0.3) is 5.91 Å². The van der Waals surface area contributed by atoms with Gasteiger partial charge in [-0.1, -0.05) is 36.0 Å². The topological polar surface area (TPSA) is 84.3 Å². The monoisotopic (exact) mass is 470 g/mol. The van der Waals surface area contributed by atoms with Crippen molar-refractivity contribution in [1.29, 1.82) is 0 Å². The van der Waals surface area contributed by atoms with Crippen LogP contribution in [0.3, 0.4) is 0 Å². The lowest BCUT2D eigenvalue weighted by atomic mass is 9.98. The second kappa shape index (κ2) is 9.89. The number of hydrogen-bond acceptors (Lipinski definition) is 5. The summed E-state index contributed by atoms with van der Waals surface area (Å²) in [6.45, 7) is 1.46. The standard InChI is InChI=1S/C23H26N4O3S2/c1-31-23-24-12-15-27(23)20-7-5-6-19(16-20)22(28)25-17-18-10-13-26(14-11-18)32(29,30)21-8-3-2-4-9-21/h2-9,12,15-16,18H,10-11,13-14,17H2,1H3,(H,25,28). The fourth-order valence-electron chi connectivity index (χ4n) is 3.87. The third-order valence-electron chi connectivity index (χ3n) is 5.68. The normalized spacial score (nSPS) is 15.5. The molecule has 0 unspecified atom stereocenters. The van der Waals surface area contributed by atoms with E-state index in [-0.39, 0.29) is 11.8 Å². The molecule has 2 aromatic carbocycles. The Morgan fingerprint density at radius 1 is 1.12 bits per heavy atom. The Morgan fingerprint density at radius 2 is 1.88 bits per heavy atom. The number of benzene rings is 2. The van der Waals surface area contributed by atoms with Crippen LogP contribution >= 0.6 is 11.8 Å². The Morgan fingerprint density at radius 3 is 2.59 bits per heavy atom. The number of nitrogens with one attached hydrogen (secondary N) is 1. The fraction of sp³-hybridized carbons (Fsp3) is 0.304. The van der Waals surface area contributed by atoms with E-state index in [0.29, 0.717) is 30.1 Å². The molecule has 1 N–H and O–H groups in total. The van der Waals surface area contributed by atoms with Crippen molar-refractivity contribution in [2.75, 3.05) is 25.9 Å². The lowest BCUT2D eigenvalue weighted by molar-refractivity contribution is 0.0941. The number of nitrogens with zero attached hydrogens (tertiary/aromatic N) is 3. The maximum Gasteiger partial charge on any atom is 0.251 e. The number of sulfonamides is 1. The quantitative estimate of drug-likeness (QED) is 0.535. The summed E-state index contributed by atoms with van der Waals surface area (Å²) < 4.78 is 29.0. The van der Waals surface area contributed by atoms with Crippen LogP contribution in [0, 0.1) is 5.92 Å². The lowest BCUT2D eigenvalue weighted by Gasteiger charge is -2.31. The summed E-state index contributed by atoms with van der Waals surface area (Å²) in [5, 5.41) is 3.88. The number of carbonyl (C=O) groups excluding carboxylic acids is 1. The molecule has 3 aromatic rings. The van der Waals surface area contributed by atoms with E-state index in [9.17, 15) is 13.2 Å². The van der Waals surface area contributed by atoms with E-state index < -0.39 is 10.0 Å². The first-order valence-corrected chi connectivity index (χ1v) is 13.2. The smallest absolute Gasteiger partial charge is 0.251 e. The van der Waals surface area contributed by atoms with Gasteiger partial charge in [0.2, 0.25) is 10.0 Å². The third kappa shape index (κ3) is 4.90. The van der Waals surface area contributed by atoms with Crippen molar-refractivity contribution >= 4 is 27.7 Å². The van der Waals surface area contributed by atoms with Gasteiger partial charge in [-0.3, -0.25) is 9.36 Å². The maximum atomic E-state index is 12.8. The molecule has 168 valence electrons. The fourth-order valence-corrected chi connectivity index (χ4v) is 5.89. The minimum atomic E-state index is -3.45. The maximum absolute atomic E-state index is 12.8. The molecule has 32 heavy (non-hydrogen) atoms. The van der Waals surface area contributed by atoms with Gasteiger partial charge in [0, 0.05) is 43.3 Å². The summed E-state index contributed by atoms with van der Waals surface area (Å²) in [6, 6.07) is 16.0. The minimum absolute atomic E-state index is 0.128. The van der Waals surface area contributed by atoms with Crippen LogP contribution in [0.4, 0.5) is 0 Å². The predicted octanol–water partition coefficient (Wildman–Crippen LogP) is 3.42. The molecule has 0 aliphatic carbocycles. The van der Waals surface area contributed by atoms with E-state index in [0.717, 1.165) is 23.7 Å². The highest BCUT2D eigenvalue weighted by Gasteiger charge is 2.29. The molecule has 0 radical (unpaired) electrons. The van der Waals surface area contributed by atoms with Crippen LogP contribution in [0.25, 0.3) is 5.69 Å². The van der Waals surface area contributed by atoms with Crippen molar-refractivity contribution in [2.24, 2.45) is 5.92 Å². The molecule has 1 saturated heterocycles. The molecular formula is C23H26N4O3S2. The zero-order chi connectivity index (χ0) is 22.6. The van der Waals surface area contributed by atoms with Gasteiger partial charge in [-0.15, -0.1) is 0 Å². The molecule has 0 bridgehead atoms. The van der Waals surface area contributed by atoms with Crippen LogP contribution in [0.1, 0.15) is 23.2 Å². The first kappa shape index (κ1) is 22.6. The van der Waals surface area contributed by atoms with Crippen molar-refractivity contribution < 1.29 is 13.2 Å². The first-order chi connectivity index (χ1) is 15.5. The first-order valence-electron chi connectivity index (χ1n) is 10.5. The summed E-state index contributed by atoms with van der Waals surface area (Å²) in [5.74, 6) is 0.123. The molecular weight excluding hydrogens is 444 g/mol. The predicted molar refractivity (Wildman–Crippen MR) is 126 cm³/mol. The largest absolute Gasteiger partial charge is 0.352 e. The molecule has 1 aliphatic heterocycles. The Labute approximate surface area is 192 Å². The number of piperidine rings is 1. The summed E-state index contributed by atoms with van der Waals surface area (Å²) >= 11 is 1.55. The van der Waals surface area contributed by atoms with Gasteiger partial charge < -0.3 is 5.32 Å². The summed E-state index contributed by atoms with van der Waals surface area (Å²) in [7, 11) is -3.45. The van der Waals surface area contributed by atoms with Crippen LogP contribution in [0.2, 0.25) is 0 Å². The molecule has 2 heterocycles. The van der Waals surface area contributed by atoms with E-state index in [1.54, 1.807) is 58.7 Å². The number of amides is 1. The number of imidazole rings is 1. The summed E-state index contributed by atoms with van der Waals surface area (Å²) in [5.41, 5.74) is 1.48. The van der Waals surface area contributed by atoms with E-state index in [2.05, 4.69) is 10.3 Å². The Balaban J connectivity index is 1.33. The average Bonchev–Trinajstić information content (AvgIpc) is 3.32. The Kier molecular flexibility index (Phi) is 6.98. The Hall–Kier alpha value is -2.62. The zero-order valence-electron chi connectivity index (χ0n) is 17.8. The number of aromatic nitrogens is 2. The van der Waals surface area contributed by atoms with Crippen molar-refractivity contribution in [3.8, 4) is 5.69 Å². The number of carbonyl (C=O) groups is 1. The van der Waals surface area contributed by atoms with Gasteiger partial charge in [-0.2, -0.15) is 4.31 Å². The molecule has 0 saturated carbocycles. The van der Waals surface area contributed by atoms with Crippen LogP contribution in [-0.4, -0.2) is 54.1 Å². The van der Waals surface area contributed by atoms with Crippen LogP contribution in [-0.2, 0) is 10.0 Å². The van der Waals surface area contributed by atoms with E-state index in [4.69, 9.17) is 0 Å².